The number of phenols is 1. The summed E-state index contributed by atoms with van der Waals surface area (Å²) in [6.45, 7) is 6.12. The van der Waals surface area contributed by atoms with Crippen molar-refractivity contribution < 1.29 is 34.4 Å². The van der Waals surface area contributed by atoms with E-state index in [1.54, 1.807) is 18.2 Å². The van der Waals surface area contributed by atoms with Crippen molar-refractivity contribution in [3.63, 3.8) is 0 Å². The fourth-order valence-electron chi connectivity index (χ4n) is 5.84. The van der Waals surface area contributed by atoms with Crippen LogP contribution in [0.25, 0.3) is 0 Å². The minimum Gasteiger partial charge on any atom is -0.504 e. The van der Waals surface area contributed by atoms with Gasteiger partial charge in [0.15, 0.2) is 11.5 Å². The highest BCUT2D eigenvalue weighted by molar-refractivity contribution is 5.99. The van der Waals surface area contributed by atoms with Gasteiger partial charge < -0.3 is 57.5 Å². The standard InChI is InChI=1S/C32H48N6O7/c33-9-3-12-35-10-1-2-11-36-13-4-14-37-18-20-5-7-21(8-6-20)32(43)38-24-17-26(40)25(39)15-22(24)23-16-27-30(45-19-44-27)29(41)28(23)31(34)42/h5-8,16,22,24-26,35-37,39-41H,1-4,9-15,17-19,33H2,(H2,34,42)(H,38,43)/t22?,24?,25-,26?/m0/s1. The van der Waals surface area contributed by atoms with Crippen LogP contribution in [0.2, 0.25) is 0 Å². The minimum atomic E-state index is -1.10. The minimum absolute atomic E-state index is 0.0181. The summed E-state index contributed by atoms with van der Waals surface area (Å²) < 4.78 is 10.7. The van der Waals surface area contributed by atoms with Crippen LogP contribution in [0.4, 0.5) is 0 Å². The summed E-state index contributed by atoms with van der Waals surface area (Å²) in [4.78, 5) is 25.7. The third-order valence-electron chi connectivity index (χ3n) is 8.32. The Kier molecular flexibility index (Phi) is 13.2. The molecule has 2 aromatic carbocycles. The lowest BCUT2D eigenvalue weighted by atomic mass is 9.75. The highest BCUT2D eigenvalue weighted by atomic mass is 16.7. The summed E-state index contributed by atoms with van der Waals surface area (Å²) >= 11 is 0. The molecule has 1 heterocycles. The van der Waals surface area contributed by atoms with Gasteiger partial charge in [0, 0.05) is 24.1 Å². The van der Waals surface area contributed by atoms with E-state index >= 15 is 0 Å². The topological polar surface area (TPSA) is 213 Å². The van der Waals surface area contributed by atoms with Crippen LogP contribution in [0.5, 0.6) is 17.2 Å². The SMILES string of the molecule is NCCCNCCCCNCCCNCc1ccc(C(=O)NC2CC(O)[C@@H](O)CC2c2cc3c(c(O)c2C(N)=O)OCO3)cc1. The van der Waals surface area contributed by atoms with Gasteiger partial charge in [-0.1, -0.05) is 12.1 Å². The number of unbranched alkanes of at least 4 members (excludes halogenated alkanes) is 1. The first-order chi connectivity index (χ1) is 21.8. The number of nitrogens with two attached hydrogens (primary N) is 2. The number of aromatic hydroxyl groups is 1. The summed E-state index contributed by atoms with van der Waals surface area (Å²) in [5.41, 5.74) is 12.7. The molecule has 3 unspecified atom stereocenters. The maximum Gasteiger partial charge on any atom is 0.252 e. The molecule has 1 saturated carbocycles. The number of rotatable bonds is 18. The molecule has 1 aliphatic heterocycles. The van der Waals surface area contributed by atoms with Crippen molar-refractivity contribution in [2.24, 2.45) is 11.5 Å². The number of aliphatic hydroxyl groups is 2. The number of carbonyl (C=O) groups excluding carboxylic acids is 2. The van der Waals surface area contributed by atoms with Gasteiger partial charge >= 0.3 is 0 Å². The molecule has 2 amide bonds. The largest absolute Gasteiger partial charge is 0.504 e. The number of primary amides is 1. The summed E-state index contributed by atoms with van der Waals surface area (Å²) in [5, 5.41) is 44.9. The van der Waals surface area contributed by atoms with Gasteiger partial charge in [0.05, 0.1) is 17.8 Å². The van der Waals surface area contributed by atoms with Crippen molar-refractivity contribution in [3.05, 3.63) is 52.6 Å². The maximum absolute atomic E-state index is 13.3. The number of nitrogens with one attached hydrogen (secondary N) is 4. The van der Waals surface area contributed by atoms with Crippen molar-refractivity contribution in [1.82, 2.24) is 21.3 Å². The van der Waals surface area contributed by atoms with E-state index < -0.39 is 35.8 Å². The quantitative estimate of drug-likeness (QED) is 0.103. The van der Waals surface area contributed by atoms with Crippen LogP contribution in [-0.2, 0) is 6.54 Å². The molecule has 1 fully saturated rings. The second-order valence-corrected chi connectivity index (χ2v) is 11.7. The number of hydrogen-bond donors (Lipinski definition) is 9. The first-order valence-electron chi connectivity index (χ1n) is 15.8. The second-order valence-electron chi connectivity index (χ2n) is 11.7. The van der Waals surface area contributed by atoms with Crippen LogP contribution in [0.1, 0.15) is 76.3 Å². The summed E-state index contributed by atoms with van der Waals surface area (Å²) in [7, 11) is 0. The zero-order valence-electron chi connectivity index (χ0n) is 25.7. The molecule has 2 aliphatic rings. The van der Waals surface area contributed by atoms with Gasteiger partial charge in [-0.05, 0) is 107 Å². The van der Waals surface area contributed by atoms with E-state index in [9.17, 15) is 24.9 Å². The smallest absolute Gasteiger partial charge is 0.252 e. The molecule has 0 bridgehead atoms. The molecule has 2 aromatic rings. The van der Waals surface area contributed by atoms with Gasteiger partial charge in [0.25, 0.3) is 11.8 Å². The number of benzene rings is 2. The highest BCUT2D eigenvalue weighted by Crippen LogP contribution is 2.48. The molecular weight excluding hydrogens is 580 g/mol. The summed E-state index contributed by atoms with van der Waals surface area (Å²) in [5.74, 6) is -2.09. The number of hydrogen-bond acceptors (Lipinski definition) is 11. The molecule has 4 atom stereocenters. The fraction of sp³-hybridized carbons (Fsp3) is 0.562. The van der Waals surface area contributed by atoms with Crippen molar-refractivity contribution in [1.29, 1.82) is 0 Å². The third kappa shape index (κ3) is 9.52. The molecule has 11 N–H and O–H groups in total. The van der Waals surface area contributed by atoms with Crippen molar-refractivity contribution in [3.8, 4) is 17.2 Å². The predicted octanol–water partition coefficient (Wildman–Crippen LogP) is 0.406. The Hall–Kier alpha value is -3.46. The lowest BCUT2D eigenvalue weighted by molar-refractivity contribution is -0.0248. The number of carbonyl (C=O) groups is 2. The second kappa shape index (κ2) is 17.3. The van der Waals surface area contributed by atoms with E-state index in [-0.39, 0.29) is 42.6 Å². The van der Waals surface area contributed by atoms with Crippen LogP contribution >= 0.6 is 0 Å². The van der Waals surface area contributed by atoms with Crippen molar-refractivity contribution >= 4 is 11.8 Å². The van der Waals surface area contributed by atoms with Crippen LogP contribution < -0.4 is 42.2 Å². The van der Waals surface area contributed by atoms with Gasteiger partial charge in [-0.15, -0.1) is 0 Å². The zero-order valence-corrected chi connectivity index (χ0v) is 25.7. The third-order valence-corrected chi connectivity index (χ3v) is 8.32. The molecule has 0 aromatic heterocycles. The van der Waals surface area contributed by atoms with Gasteiger partial charge in [-0.3, -0.25) is 9.59 Å². The molecule has 0 spiro atoms. The van der Waals surface area contributed by atoms with E-state index in [1.807, 2.05) is 12.1 Å². The van der Waals surface area contributed by atoms with Crippen LogP contribution in [0, 0.1) is 0 Å². The number of aliphatic hydroxyl groups excluding tert-OH is 2. The Morgan fingerprint density at radius 2 is 1.51 bits per heavy atom. The molecule has 248 valence electrons. The van der Waals surface area contributed by atoms with E-state index in [0.717, 1.165) is 70.5 Å². The Labute approximate surface area is 264 Å². The summed E-state index contributed by atoms with van der Waals surface area (Å²) in [6.07, 6.45) is 2.20. The fourth-order valence-corrected chi connectivity index (χ4v) is 5.84. The molecule has 0 radical (unpaired) electrons. The monoisotopic (exact) mass is 628 g/mol. The first kappa shape index (κ1) is 34.4. The zero-order chi connectivity index (χ0) is 32.2. The Morgan fingerprint density at radius 3 is 2.20 bits per heavy atom. The van der Waals surface area contributed by atoms with Gasteiger partial charge in [0.1, 0.15) is 0 Å². The maximum atomic E-state index is 13.3. The number of amides is 2. The Balaban J connectivity index is 1.26. The first-order valence-corrected chi connectivity index (χ1v) is 15.8. The number of fused-ring (bicyclic) bond motifs is 1. The average molecular weight is 629 g/mol. The van der Waals surface area contributed by atoms with Crippen LogP contribution in [0.3, 0.4) is 0 Å². The average Bonchev–Trinajstić information content (AvgIpc) is 3.50. The van der Waals surface area contributed by atoms with Gasteiger partial charge in [-0.25, -0.2) is 0 Å². The predicted molar refractivity (Wildman–Crippen MR) is 169 cm³/mol. The van der Waals surface area contributed by atoms with E-state index in [1.165, 1.54) is 0 Å². The molecule has 4 rings (SSSR count). The van der Waals surface area contributed by atoms with Gasteiger partial charge in [0.2, 0.25) is 12.5 Å². The summed E-state index contributed by atoms with van der Waals surface area (Å²) in [6, 6.07) is 8.13. The molecule has 45 heavy (non-hydrogen) atoms. The van der Waals surface area contributed by atoms with E-state index in [2.05, 4.69) is 21.3 Å². The molecular formula is C32H48N6O7. The van der Waals surface area contributed by atoms with Crippen LogP contribution in [-0.4, -0.2) is 91.4 Å². The lowest BCUT2D eigenvalue weighted by Crippen LogP contribution is -2.49. The Morgan fingerprint density at radius 1 is 0.867 bits per heavy atom. The Bertz CT molecular complexity index is 1260. The van der Waals surface area contributed by atoms with Gasteiger partial charge in [-0.2, -0.15) is 0 Å². The van der Waals surface area contributed by atoms with Crippen molar-refractivity contribution in [2.45, 2.75) is 69.2 Å². The highest BCUT2D eigenvalue weighted by Gasteiger charge is 2.40. The molecule has 13 nitrogen and oxygen atoms in total. The lowest BCUT2D eigenvalue weighted by Gasteiger charge is -2.38. The van der Waals surface area contributed by atoms with Crippen LogP contribution in [0.15, 0.2) is 30.3 Å². The van der Waals surface area contributed by atoms with Crippen molar-refractivity contribution in [2.75, 3.05) is 46.1 Å². The normalized spacial score (nSPS) is 20.7. The number of ether oxygens (including phenoxy) is 2. The molecule has 13 heteroatoms. The molecule has 1 aliphatic carbocycles. The van der Waals surface area contributed by atoms with E-state index in [4.69, 9.17) is 20.9 Å². The molecule has 0 saturated heterocycles. The van der Waals surface area contributed by atoms with E-state index in [0.29, 0.717) is 17.7 Å².